The van der Waals surface area contributed by atoms with Gasteiger partial charge in [-0.15, -0.1) is 0 Å². The molecule has 7 heteroatoms. The van der Waals surface area contributed by atoms with Gasteiger partial charge in [-0.05, 0) is 25.0 Å². The molecule has 0 fully saturated rings. The number of nitrogens with one attached hydrogen (secondary N) is 1. The van der Waals surface area contributed by atoms with Crippen LogP contribution in [0.25, 0.3) is 22.4 Å². The third kappa shape index (κ3) is 3.87. The van der Waals surface area contributed by atoms with Gasteiger partial charge in [0.05, 0.1) is 6.33 Å². The van der Waals surface area contributed by atoms with E-state index in [9.17, 15) is 9.59 Å². The number of nitrogens with zero attached hydrogens (tertiary/aromatic N) is 3. The molecule has 0 bridgehead atoms. The van der Waals surface area contributed by atoms with Crippen molar-refractivity contribution in [2.45, 2.75) is 33.2 Å². The average molecular weight is 402 g/mol. The van der Waals surface area contributed by atoms with E-state index in [0.29, 0.717) is 11.2 Å². The molecular formula is C23H22N4O3. The molecule has 0 aliphatic heterocycles. The molecule has 2 aromatic carbocycles. The van der Waals surface area contributed by atoms with Crippen LogP contribution in [0.5, 0.6) is 0 Å². The van der Waals surface area contributed by atoms with Crippen molar-refractivity contribution in [3.8, 4) is 11.3 Å². The van der Waals surface area contributed by atoms with Crippen molar-refractivity contribution < 1.29 is 9.32 Å². The van der Waals surface area contributed by atoms with E-state index in [1.54, 1.807) is 0 Å². The number of aryl methyl sites for hydroxylation is 3. The standard InChI is InChI=1S/C23H22N4O3/c1-3-16-6-4-5-7-18(16)25-19(28)12-13-27-14-24-21-20(26-30-22(21)23(27)29)17-10-8-15(2)9-11-17/h4-11,14H,3,12-13H2,1-2H3,(H,25,28). The number of benzene rings is 2. The summed E-state index contributed by atoms with van der Waals surface area (Å²) < 4.78 is 6.66. The highest BCUT2D eigenvalue weighted by Crippen LogP contribution is 2.24. The van der Waals surface area contributed by atoms with Crippen LogP contribution in [0.2, 0.25) is 0 Å². The van der Waals surface area contributed by atoms with Crippen LogP contribution in [0.3, 0.4) is 0 Å². The molecule has 30 heavy (non-hydrogen) atoms. The van der Waals surface area contributed by atoms with Crippen molar-refractivity contribution in [3.05, 3.63) is 76.3 Å². The van der Waals surface area contributed by atoms with Gasteiger partial charge in [0.1, 0.15) is 11.2 Å². The van der Waals surface area contributed by atoms with E-state index in [1.807, 2.05) is 62.4 Å². The normalized spacial score (nSPS) is 11.0. The van der Waals surface area contributed by atoms with Gasteiger partial charge in [0.2, 0.25) is 5.91 Å². The maximum Gasteiger partial charge on any atom is 0.299 e. The summed E-state index contributed by atoms with van der Waals surface area (Å²) in [6, 6.07) is 15.4. The number of fused-ring (bicyclic) bond motifs is 1. The van der Waals surface area contributed by atoms with Crippen LogP contribution in [-0.4, -0.2) is 20.6 Å². The summed E-state index contributed by atoms with van der Waals surface area (Å²) in [5.74, 6) is -0.166. The highest BCUT2D eigenvalue weighted by Gasteiger charge is 2.17. The van der Waals surface area contributed by atoms with Crippen molar-refractivity contribution in [2.75, 3.05) is 5.32 Å². The molecule has 0 saturated carbocycles. The van der Waals surface area contributed by atoms with Crippen LogP contribution in [-0.2, 0) is 17.8 Å². The number of carbonyl (C=O) groups is 1. The Hall–Kier alpha value is -3.74. The summed E-state index contributed by atoms with van der Waals surface area (Å²) in [6.07, 6.45) is 2.40. The van der Waals surface area contributed by atoms with Crippen LogP contribution < -0.4 is 10.9 Å². The van der Waals surface area contributed by atoms with Gasteiger partial charge in [0.15, 0.2) is 0 Å². The van der Waals surface area contributed by atoms with Gasteiger partial charge < -0.3 is 9.84 Å². The van der Waals surface area contributed by atoms with E-state index in [2.05, 4.69) is 15.5 Å². The predicted molar refractivity (Wildman–Crippen MR) is 115 cm³/mol. The smallest absolute Gasteiger partial charge is 0.299 e. The molecule has 7 nitrogen and oxygen atoms in total. The Labute approximate surface area is 173 Å². The number of anilines is 1. The fourth-order valence-corrected chi connectivity index (χ4v) is 3.30. The minimum atomic E-state index is -0.354. The zero-order valence-electron chi connectivity index (χ0n) is 16.9. The summed E-state index contributed by atoms with van der Waals surface area (Å²) in [5, 5.41) is 6.95. The monoisotopic (exact) mass is 402 g/mol. The van der Waals surface area contributed by atoms with E-state index < -0.39 is 0 Å². The Bertz CT molecular complexity index is 1260. The van der Waals surface area contributed by atoms with Crippen molar-refractivity contribution >= 4 is 22.7 Å². The van der Waals surface area contributed by atoms with Gasteiger partial charge in [-0.25, -0.2) is 4.98 Å². The first-order chi connectivity index (χ1) is 14.6. The van der Waals surface area contributed by atoms with Gasteiger partial charge in [-0.3, -0.25) is 14.2 Å². The topological polar surface area (TPSA) is 90.0 Å². The molecule has 152 valence electrons. The minimum absolute atomic E-state index is 0.0878. The second kappa shape index (κ2) is 8.32. The number of carbonyl (C=O) groups excluding carboxylic acids is 1. The first-order valence-electron chi connectivity index (χ1n) is 9.86. The van der Waals surface area contributed by atoms with E-state index in [1.165, 1.54) is 10.9 Å². The largest absolute Gasteiger partial charge is 0.348 e. The molecule has 0 spiro atoms. The molecule has 0 aliphatic carbocycles. The van der Waals surface area contributed by atoms with E-state index in [-0.39, 0.29) is 30.0 Å². The minimum Gasteiger partial charge on any atom is -0.348 e. The van der Waals surface area contributed by atoms with Gasteiger partial charge in [-0.1, -0.05) is 60.1 Å². The fraction of sp³-hybridized carbons (Fsp3) is 0.217. The van der Waals surface area contributed by atoms with Crippen molar-refractivity contribution in [1.29, 1.82) is 0 Å². The Morgan fingerprint density at radius 1 is 1.13 bits per heavy atom. The van der Waals surface area contributed by atoms with Crippen molar-refractivity contribution in [1.82, 2.24) is 14.7 Å². The first kappa shape index (κ1) is 19.6. The van der Waals surface area contributed by atoms with Crippen LogP contribution in [0.15, 0.2) is 64.2 Å². The lowest BCUT2D eigenvalue weighted by Gasteiger charge is -2.10. The number of aromatic nitrogens is 3. The molecule has 0 aliphatic rings. The Balaban J connectivity index is 1.51. The van der Waals surface area contributed by atoms with Crippen molar-refractivity contribution in [3.63, 3.8) is 0 Å². The zero-order valence-corrected chi connectivity index (χ0v) is 16.9. The third-order valence-corrected chi connectivity index (χ3v) is 5.03. The van der Waals surface area contributed by atoms with E-state index >= 15 is 0 Å². The Kier molecular flexibility index (Phi) is 5.43. The highest BCUT2D eigenvalue weighted by atomic mass is 16.5. The molecule has 0 radical (unpaired) electrons. The maximum absolute atomic E-state index is 12.8. The second-order valence-electron chi connectivity index (χ2n) is 7.13. The average Bonchev–Trinajstić information content (AvgIpc) is 3.19. The summed E-state index contributed by atoms with van der Waals surface area (Å²) >= 11 is 0. The number of rotatable bonds is 6. The van der Waals surface area contributed by atoms with Gasteiger partial charge in [0.25, 0.3) is 11.1 Å². The number of hydrogen-bond donors (Lipinski definition) is 1. The van der Waals surface area contributed by atoms with Crippen LogP contribution in [0.1, 0.15) is 24.5 Å². The molecule has 2 heterocycles. The molecule has 1 amide bonds. The molecule has 0 atom stereocenters. The lowest BCUT2D eigenvalue weighted by molar-refractivity contribution is -0.116. The summed E-state index contributed by atoms with van der Waals surface area (Å²) in [6.45, 7) is 4.23. The second-order valence-corrected chi connectivity index (χ2v) is 7.13. The lowest BCUT2D eigenvalue weighted by Crippen LogP contribution is -2.23. The molecular weight excluding hydrogens is 380 g/mol. The molecule has 1 N–H and O–H groups in total. The van der Waals surface area contributed by atoms with Crippen LogP contribution >= 0.6 is 0 Å². The van der Waals surface area contributed by atoms with Gasteiger partial charge in [0, 0.05) is 24.2 Å². The summed E-state index contributed by atoms with van der Waals surface area (Å²) in [7, 11) is 0. The highest BCUT2D eigenvalue weighted by molar-refractivity contribution is 5.91. The van der Waals surface area contributed by atoms with E-state index in [4.69, 9.17) is 4.52 Å². The van der Waals surface area contributed by atoms with Crippen LogP contribution in [0.4, 0.5) is 5.69 Å². The number of hydrogen-bond acceptors (Lipinski definition) is 5. The molecule has 4 aromatic rings. The van der Waals surface area contributed by atoms with E-state index in [0.717, 1.165) is 28.8 Å². The fourth-order valence-electron chi connectivity index (χ4n) is 3.30. The molecule has 0 unspecified atom stereocenters. The van der Waals surface area contributed by atoms with Crippen molar-refractivity contribution in [2.24, 2.45) is 0 Å². The quantitative estimate of drug-likeness (QED) is 0.527. The number of amides is 1. The lowest BCUT2D eigenvalue weighted by atomic mass is 10.1. The Morgan fingerprint density at radius 3 is 2.67 bits per heavy atom. The molecule has 2 aromatic heterocycles. The maximum atomic E-state index is 12.8. The van der Waals surface area contributed by atoms with Gasteiger partial charge >= 0.3 is 0 Å². The SMILES string of the molecule is CCc1ccccc1NC(=O)CCn1cnc2c(-c3ccc(C)cc3)noc2c1=O. The predicted octanol–water partition coefficient (Wildman–Crippen LogP) is 3.95. The molecule has 0 saturated heterocycles. The molecule has 4 rings (SSSR count). The summed E-state index contributed by atoms with van der Waals surface area (Å²) in [5.41, 5.74) is 4.50. The number of para-hydroxylation sites is 1. The first-order valence-corrected chi connectivity index (χ1v) is 9.86. The van der Waals surface area contributed by atoms with Crippen LogP contribution in [0, 0.1) is 6.92 Å². The third-order valence-electron chi connectivity index (χ3n) is 5.03. The Morgan fingerprint density at radius 2 is 1.90 bits per heavy atom. The zero-order chi connectivity index (χ0) is 21.1. The van der Waals surface area contributed by atoms with Gasteiger partial charge in [-0.2, -0.15) is 0 Å². The summed E-state index contributed by atoms with van der Waals surface area (Å²) in [4.78, 5) is 29.5.